The molecule has 0 saturated heterocycles. The van der Waals surface area contributed by atoms with Crippen LogP contribution >= 0.6 is 0 Å². The van der Waals surface area contributed by atoms with E-state index in [-0.39, 0.29) is 23.8 Å². The number of carbonyl (C=O) groups excluding carboxylic acids is 1. The maximum Gasteiger partial charge on any atom is 0.242 e. The van der Waals surface area contributed by atoms with Crippen molar-refractivity contribution >= 4 is 15.9 Å². The zero-order valence-corrected chi connectivity index (χ0v) is 15.7. The molecule has 7 heteroatoms. The Morgan fingerprint density at radius 3 is 2.23 bits per heavy atom. The van der Waals surface area contributed by atoms with E-state index in [9.17, 15) is 17.6 Å². The van der Waals surface area contributed by atoms with E-state index in [4.69, 9.17) is 0 Å². The molecular formula is C19H23FN2O3S. The van der Waals surface area contributed by atoms with Crippen LogP contribution in [0.15, 0.2) is 59.5 Å². The standard InChI is InChI=1S/C19H23FN2O3S/c1-21(15-16-7-4-3-5-8-16)19(23)9-6-14-22(2)26(24,25)18-12-10-17(20)11-13-18/h3-5,7-8,10-13H,6,9,14-15H2,1-2H3. The molecule has 0 saturated carbocycles. The van der Waals surface area contributed by atoms with Gasteiger partial charge in [0.15, 0.2) is 0 Å². The van der Waals surface area contributed by atoms with Crippen molar-refractivity contribution in [1.29, 1.82) is 0 Å². The maximum absolute atomic E-state index is 12.9. The lowest BCUT2D eigenvalue weighted by Gasteiger charge is -2.19. The second-order valence-electron chi connectivity index (χ2n) is 6.12. The summed E-state index contributed by atoms with van der Waals surface area (Å²) in [6.45, 7) is 0.730. The predicted molar refractivity (Wildman–Crippen MR) is 98.4 cm³/mol. The lowest BCUT2D eigenvalue weighted by molar-refractivity contribution is -0.130. The van der Waals surface area contributed by atoms with Crippen LogP contribution in [-0.4, -0.2) is 44.2 Å². The molecule has 0 aliphatic heterocycles. The molecule has 26 heavy (non-hydrogen) atoms. The van der Waals surface area contributed by atoms with Crippen LogP contribution in [0.2, 0.25) is 0 Å². The number of benzene rings is 2. The van der Waals surface area contributed by atoms with Gasteiger partial charge in [-0.15, -0.1) is 0 Å². The van der Waals surface area contributed by atoms with Crippen LogP contribution in [0.3, 0.4) is 0 Å². The van der Waals surface area contributed by atoms with E-state index in [0.29, 0.717) is 13.0 Å². The molecular weight excluding hydrogens is 355 g/mol. The first-order chi connectivity index (χ1) is 12.3. The van der Waals surface area contributed by atoms with Gasteiger partial charge in [-0.3, -0.25) is 4.79 Å². The molecule has 0 fully saturated rings. The Bertz CT molecular complexity index is 824. The SMILES string of the molecule is CN(Cc1ccccc1)C(=O)CCCN(C)S(=O)(=O)c1ccc(F)cc1. The molecule has 0 N–H and O–H groups in total. The lowest BCUT2D eigenvalue weighted by Crippen LogP contribution is -2.30. The van der Waals surface area contributed by atoms with Gasteiger partial charge in [0.2, 0.25) is 15.9 Å². The van der Waals surface area contributed by atoms with Gasteiger partial charge in [-0.05, 0) is 36.2 Å². The molecule has 0 aromatic heterocycles. The summed E-state index contributed by atoms with van der Waals surface area (Å²) in [7, 11) is -0.495. The minimum Gasteiger partial charge on any atom is -0.341 e. The second kappa shape index (κ2) is 8.91. The third-order valence-corrected chi connectivity index (χ3v) is 5.94. The second-order valence-corrected chi connectivity index (χ2v) is 8.16. The summed E-state index contributed by atoms with van der Waals surface area (Å²) in [6.07, 6.45) is 0.668. The molecule has 2 aromatic rings. The quantitative estimate of drug-likeness (QED) is 0.710. The van der Waals surface area contributed by atoms with Crippen molar-refractivity contribution in [2.75, 3.05) is 20.6 Å². The molecule has 5 nitrogen and oxygen atoms in total. The first-order valence-corrected chi connectivity index (χ1v) is 9.74. The van der Waals surface area contributed by atoms with Gasteiger partial charge in [0.1, 0.15) is 5.82 Å². The van der Waals surface area contributed by atoms with E-state index in [1.165, 1.54) is 23.5 Å². The Labute approximate surface area is 154 Å². The molecule has 2 rings (SSSR count). The minimum atomic E-state index is -3.68. The van der Waals surface area contributed by atoms with Gasteiger partial charge in [-0.25, -0.2) is 17.1 Å². The fourth-order valence-electron chi connectivity index (χ4n) is 2.50. The van der Waals surface area contributed by atoms with Gasteiger partial charge in [0, 0.05) is 33.6 Å². The maximum atomic E-state index is 12.9. The van der Waals surface area contributed by atoms with Crippen LogP contribution < -0.4 is 0 Å². The highest BCUT2D eigenvalue weighted by Gasteiger charge is 2.21. The van der Waals surface area contributed by atoms with Crippen LogP contribution in [0.4, 0.5) is 4.39 Å². The van der Waals surface area contributed by atoms with Crippen molar-refractivity contribution in [1.82, 2.24) is 9.21 Å². The number of hydrogen-bond acceptors (Lipinski definition) is 3. The van der Waals surface area contributed by atoms with Crippen molar-refractivity contribution in [3.05, 3.63) is 66.0 Å². The first-order valence-electron chi connectivity index (χ1n) is 8.30. The number of sulfonamides is 1. The molecule has 0 heterocycles. The molecule has 0 radical (unpaired) electrons. The van der Waals surface area contributed by atoms with Crippen LogP contribution in [0.1, 0.15) is 18.4 Å². The van der Waals surface area contributed by atoms with E-state index in [1.54, 1.807) is 11.9 Å². The van der Waals surface area contributed by atoms with E-state index >= 15 is 0 Å². The molecule has 2 aromatic carbocycles. The average molecular weight is 378 g/mol. The molecule has 0 unspecified atom stereocenters. The summed E-state index contributed by atoms with van der Waals surface area (Å²) in [6, 6.07) is 14.4. The summed E-state index contributed by atoms with van der Waals surface area (Å²) in [5.74, 6) is -0.528. The summed E-state index contributed by atoms with van der Waals surface area (Å²) < 4.78 is 38.9. The highest BCUT2D eigenvalue weighted by atomic mass is 32.2. The fourth-order valence-corrected chi connectivity index (χ4v) is 3.71. The summed E-state index contributed by atoms with van der Waals surface area (Å²) in [5, 5.41) is 0. The normalized spacial score (nSPS) is 11.5. The van der Waals surface area contributed by atoms with Crippen molar-refractivity contribution in [3.63, 3.8) is 0 Å². The topological polar surface area (TPSA) is 57.7 Å². The molecule has 140 valence electrons. The molecule has 0 atom stereocenters. The predicted octanol–water partition coefficient (Wildman–Crippen LogP) is 2.89. The Balaban J connectivity index is 1.84. The van der Waals surface area contributed by atoms with E-state index < -0.39 is 15.8 Å². The van der Waals surface area contributed by atoms with Crippen LogP contribution in [0, 0.1) is 5.82 Å². The third-order valence-electron chi connectivity index (χ3n) is 4.07. The molecule has 0 aliphatic rings. The Morgan fingerprint density at radius 1 is 1.00 bits per heavy atom. The highest BCUT2D eigenvalue weighted by Crippen LogP contribution is 2.15. The van der Waals surface area contributed by atoms with Crippen LogP contribution in [-0.2, 0) is 21.4 Å². The van der Waals surface area contributed by atoms with Crippen molar-refractivity contribution in [3.8, 4) is 0 Å². The van der Waals surface area contributed by atoms with Gasteiger partial charge >= 0.3 is 0 Å². The zero-order valence-electron chi connectivity index (χ0n) is 14.9. The number of amides is 1. The van der Waals surface area contributed by atoms with Crippen molar-refractivity contribution < 1.29 is 17.6 Å². The van der Waals surface area contributed by atoms with Crippen LogP contribution in [0.25, 0.3) is 0 Å². The molecule has 0 bridgehead atoms. The summed E-state index contributed by atoms with van der Waals surface area (Å²) >= 11 is 0. The van der Waals surface area contributed by atoms with Gasteiger partial charge in [-0.2, -0.15) is 0 Å². The monoisotopic (exact) mass is 378 g/mol. The zero-order chi connectivity index (χ0) is 19.2. The number of nitrogens with zero attached hydrogens (tertiary/aromatic N) is 2. The smallest absolute Gasteiger partial charge is 0.242 e. The number of hydrogen-bond donors (Lipinski definition) is 0. The Kier molecular flexibility index (Phi) is 6.88. The van der Waals surface area contributed by atoms with Crippen LogP contribution in [0.5, 0.6) is 0 Å². The third kappa shape index (κ3) is 5.37. The number of carbonyl (C=O) groups is 1. The largest absolute Gasteiger partial charge is 0.341 e. The van der Waals surface area contributed by atoms with Gasteiger partial charge in [0.05, 0.1) is 4.90 Å². The summed E-state index contributed by atoms with van der Waals surface area (Å²) in [4.78, 5) is 13.9. The van der Waals surface area contributed by atoms with Gasteiger partial charge < -0.3 is 4.90 Å². The molecule has 0 spiro atoms. The fraction of sp³-hybridized carbons (Fsp3) is 0.316. The highest BCUT2D eigenvalue weighted by molar-refractivity contribution is 7.89. The van der Waals surface area contributed by atoms with E-state index in [1.807, 2.05) is 30.3 Å². The van der Waals surface area contributed by atoms with Gasteiger partial charge in [0.25, 0.3) is 0 Å². The summed E-state index contributed by atoms with van der Waals surface area (Å²) in [5.41, 5.74) is 1.04. The lowest BCUT2D eigenvalue weighted by atomic mass is 10.2. The van der Waals surface area contributed by atoms with Crippen molar-refractivity contribution in [2.24, 2.45) is 0 Å². The van der Waals surface area contributed by atoms with Crippen molar-refractivity contribution in [2.45, 2.75) is 24.3 Å². The average Bonchev–Trinajstić information content (AvgIpc) is 2.62. The minimum absolute atomic E-state index is 0.0360. The molecule has 1 amide bonds. The van der Waals surface area contributed by atoms with E-state index in [2.05, 4.69) is 0 Å². The van der Waals surface area contributed by atoms with Gasteiger partial charge in [-0.1, -0.05) is 30.3 Å². The Hall–Kier alpha value is -2.25. The number of rotatable bonds is 8. The van der Waals surface area contributed by atoms with E-state index in [0.717, 1.165) is 17.7 Å². The molecule has 0 aliphatic carbocycles. The Morgan fingerprint density at radius 2 is 1.62 bits per heavy atom. The number of halogens is 1. The first kappa shape index (κ1) is 20.1.